The molecule has 0 aromatic heterocycles. The minimum atomic E-state index is -0.542. The molecule has 5 heteroatoms. The number of ether oxygens (including phenoxy) is 1. The van der Waals surface area contributed by atoms with Gasteiger partial charge in [-0.25, -0.2) is 4.79 Å². The van der Waals surface area contributed by atoms with E-state index in [4.69, 9.17) is 5.73 Å². The maximum Gasteiger partial charge on any atom is 0.337 e. The van der Waals surface area contributed by atoms with Crippen LogP contribution < -0.4 is 11.1 Å². The molecule has 110 valence electrons. The summed E-state index contributed by atoms with van der Waals surface area (Å²) in [5.41, 5.74) is 7.78. The number of benzene rings is 1. The Bertz CT molecular complexity index is 500. The molecule has 0 saturated heterocycles. The summed E-state index contributed by atoms with van der Waals surface area (Å²) in [7, 11) is 1.33. The van der Waals surface area contributed by atoms with E-state index >= 15 is 0 Å². The molecule has 2 atom stereocenters. The SMILES string of the molecule is CCC(C)[C@H](N)C(=O)Nc1ccc(C(=O)OC)cc1C. The molecule has 0 fully saturated rings. The van der Waals surface area contributed by atoms with Crippen molar-refractivity contribution in [1.29, 1.82) is 0 Å². The number of methoxy groups -OCH3 is 1. The average Bonchev–Trinajstić information content (AvgIpc) is 2.46. The minimum absolute atomic E-state index is 0.115. The summed E-state index contributed by atoms with van der Waals surface area (Å²) >= 11 is 0. The van der Waals surface area contributed by atoms with Gasteiger partial charge < -0.3 is 15.8 Å². The molecule has 0 saturated carbocycles. The Balaban J connectivity index is 2.84. The lowest BCUT2D eigenvalue weighted by Crippen LogP contribution is -2.40. The molecular weight excluding hydrogens is 256 g/mol. The Labute approximate surface area is 119 Å². The third-order valence-electron chi connectivity index (χ3n) is 3.47. The Morgan fingerprint density at radius 1 is 1.40 bits per heavy atom. The van der Waals surface area contributed by atoms with E-state index in [2.05, 4.69) is 10.1 Å². The van der Waals surface area contributed by atoms with E-state index in [-0.39, 0.29) is 11.8 Å². The topological polar surface area (TPSA) is 81.4 Å². The van der Waals surface area contributed by atoms with Gasteiger partial charge >= 0.3 is 5.97 Å². The van der Waals surface area contributed by atoms with Gasteiger partial charge in [0.15, 0.2) is 0 Å². The van der Waals surface area contributed by atoms with E-state index < -0.39 is 12.0 Å². The molecule has 1 aromatic carbocycles. The van der Waals surface area contributed by atoms with Crippen LogP contribution >= 0.6 is 0 Å². The van der Waals surface area contributed by atoms with Crippen LogP contribution in [-0.2, 0) is 9.53 Å². The number of anilines is 1. The first-order valence-corrected chi connectivity index (χ1v) is 6.66. The molecule has 1 amide bonds. The molecule has 0 bridgehead atoms. The van der Waals surface area contributed by atoms with E-state index in [9.17, 15) is 9.59 Å². The number of aryl methyl sites for hydroxylation is 1. The fourth-order valence-corrected chi connectivity index (χ4v) is 1.78. The van der Waals surface area contributed by atoms with E-state index in [1.54, 1.807) is 18.2 Å². The standard InChI is InChI=1S/C15H22N2O3/c1-5-9(2)13(16)14(18)17-12-7-6-11(8-10(12)3)15(19)20-4/h6-9,13H,5,16H2,1-4H3,(H,17,18)/t9?,13-/m0/s1. The second-order valence-electron chi connectivity index (χ2n) is 4.92. The van der Waals surface area contributed by atoms with Crippen LogP contribution in [0, 0.1) is 12.8 Å². The zero-order chi connectivity index (χ0) is 15.3. The van der Waals surface area contributed by atoms with E-state index in [0.717, 1.165) is 12.0 Å². The molecule has 1 aromatic rings. The van der Waals surface area contributed by atoms with Crippen molar-refractivity contribution in [2.75, 3.05) is 12.4 Å². The van der Waals surface area contributed by atoms with E-state index in [1.165, 1.54) is 7.11 Å². The number of hydrogen-bond acceptors (Lipinski definition) is 4. The molecule has 0 heterocycles. The fourth-order valence-electron chi connectivity index (χ4n) is 1.78. The van der Waals surface area contributed by atoms with Crippen LogP contribution in [0.4, 0.5) is 5.69 Å². The van der Waals surface area contributed by atoms with Crippen molar-refractivity contribution in [3.63, 3.8) is 0 Å². The molecule has 0 radical (unpaired) electrons. The molecule has 5 nitrogen and oxygen atoms in total. The molecule has 0 aliphatic rings. The summed E-state index contributed by atoms with van der Waals surface area (Å²) in [5.74, 6) is -0.500. The Morgan fingerprint density at radius 2 is 2.05 bits per heavy atom. The van der Waals surface area contributed by atoms with Gasteiger partial charge in [-0.15, -0.1) is 0 Å². The van der Waals surface area contributed by atoms with Gasteiger partial charge in [0, 0.05) is 5.69 Å². The van der Waals surface area contributed by atoms with Gasteiger partial charge in [0.05, 0.1) is 18.7 Å². The molecule has 1 unspecified atom stereocenters. The number of hydrogen-bond donors (Lipinski definition) is 2. The molecule has 20 heavy (non-hydrogen) atoms. The van der Waals surface area contributed by atoms with Crippen molar-refractivity contribution < 1.29 is 14.3 Å². The number of nitrogens with two attached hydrogens (primary N) is 1. The van der Waals surface area contributed by atoms with Gasteiger partial charge in [-0.3, -0.25) is 4.79 Å². The summed E-state index contributed by atoms with van der Waals surface area (Å²) in [4.78, 5) is 23.4. The van der Waals surface area contributed by atoms with Gasteiger partial charge in [0.1, 0.15) is 0 Å². The highest BCUT2D eigenvalue weighted by molar-refractivity contribution is 5.96. The third kappa shape index (κ3) is 3.81. The maximum absolute atomic E-state index is 12.0. The highest BCUT2D eigenvalue weighted by Crippen LogP contribution is 2.18. The zero-order valence-corrected chi connectivity index (χ0v) is 12.4. The number of carbonyl (C=O) groups excluding carboxylic acids is 2. The highest BCUT2D eigenvalue weighted by Gasteiger charge is 2.20. The van der Waals surface area contributed by atoms with Crippen molar-refractivity contribution in [2.24, 2.45) is 11.7 Å². The van der Waals surface area contributed by atoms with Gasteiger partial charge in [-0.05, 0) is 36.6 Å². The Hall–Kier alpha value is -1.88. The van der Waals surface area contributed by atoms with Crippen molar-refractivity contribution in [3.05, 3.63) is 29.3 Å². The number of nitrogens with one attached hydrogen (secondary N) is 1. The molecule has 3 N–H and O–H groups in total. The van der Waals surface area contributed by atoms with Crippen LogP contribution in [0.5, 0.6) is 0 Å². The fraction of sp³-hybridized carbons (Fsp3) is 0.467. The zero-order valence-electron chi connectivity index (χ0n) is 12.4. The summed E-state index contributed by atoms with van der Waals surface area (Å²) < 4.78 is 4.65. The summed E-state index contributed by atoms with van der Waals surface area (Å²) in [6, 6.07) is 4.43. The average molecular weight is 278 g/mol. The van der Waals surface area contributed by atoms with Crippen molar-refractivity contribution in [2.45, 2.75) is 33.2 Å². The smallest absolute Gasteiger partial charge is 0.337 e. The predicted molar refractivity (Wildman–Crippen MR) is 78.6 cm³/mol. The Morgan fingerprint density at radius 3 is 2.55 bits per heavy atom. The maximum atomic E-state index is 12.0. The van der Waals surface area contributed by atoms with Gasteiger partial charge in [-0.2, -0.15) is 0 Å². The van der Waals surface area contributed by atoms with Crippen LogP contribution in [0.1, 0.15) is 36.2 Å². The normalized spacial score (nSPS) is 13.4. The lowest BCUT2D eigenvalue weighted by Gasteiger charge is -2.18. The highest BCUT2D eigenvalue weighted by atomic mass is 16.5. The second kappa shape index (κ2) is 7.05. The summed E-state index contributed by atoms with van der Waals surface area (Å²) in [5, 5.41) is 2.79. The van der Waals surface area contributed by atoms with Crippen molar-refractivity contribution in [1.82, 2.24) is 0 Å². The number of esters is 1. The predicted octanol–water partition coefficient (Wildman–Crippen LogP) is 2.09. The van der Waals surface area contributed by atoms with Crippen LogP contribution in [0.3, 0.4) is 0 Å². The molecule has 0 spiro atoms. The Kier molecular flexibility index (Phi) is 5.70. The number of carbonyl (C=O) groups is 2. The quantitative estimate of drug-likeness (QED) is 0.808. The third-order valence-corrected chi connectivity index (χ3v) is 3.47. The van der Waals surface area contributed by atoms with Crippen LogP contribution in [-0.4, -0.2) is 25.0 Å². The van der Waals surface area contributed by atoms with Gasteiger partial charge in [0.2, 0.25) is 5.91 Å². The van der Waals surface area contributed by atoms with E-state index in [1.807, 2.05) is 20.8 Å². The number of rotatable bonds is 5. The lowest BCUT2D eigenvalue weighted by atomic mass is 9.99. The van der Waals surface area contributed by atoms with Crippen LogP contribution in [0.15, 0.2) is 18.2 Å². The molecular formula is C15H22N2O3. The van der Waals surface area contributed by atoms with Crippen LogP contribution in [0.25, 0.3) is 0 Å². The number of amides is 1. The largest absolute Gasteiger partial charge is 0.465 e. The molecule has 1 rings (SSSR count). The van der Waals surface area contributed by atoms with E-state index in [0.29, 0.717) is 11.3 Å². The first-order valence-electron chi connectivity index (χ1n) is 6.66. The monoisotopic (exact) mass is 278 g/mol. The lowest BCUT2D eigenvalue weighted by molar-refractivity contribution is -0.118. The van der Waals surface area contributed by atoms with Gasteiger partial charge in [0.25, 0.3) is 0 Å². The van der Waals surface area contributed by atoms with Gasteiger partial charge in [-0.1, -0.05) is 20.3 Å². The van der Waals surface area contributed by atoms with Crippen molar-refractivity contribution >= 4 is 17.6 Å². The minimum Gasteiger partial charge on any atom is -0.465 e. The first kappa shape index (κ1) is 16.2. The summed E-state index contributed by atoms with van der Waals surface area (Å²) in [6.07, 6.45) is 0.842. The molecule has 0 aliphatic heterocycles. The van der Waals surface area contributed by atoms with Crippen LogP contribution in [0.2, 0.25) is 0 Å². The first-order chi connectivity index (χ1) is 9.40. The summed E-state index contributed by atoms with van der Waals surface area (Å²) in [6.45, 7) is 5.75. The molecule has 0 aliphatic carbocycles. The van der Waals surface area contributed by atoms with Crippen molar-refractivity contribution in [3.8, 4) is 0 Å². The second-order valence-corrected chi connectivity index (χ2v) is 4.92.